The Morgan fingerprint density at radius 1 is 1.11 bits per heavy atom. The highest BCUT2D eigenvalue weighted by Gasteiger charge is 2.12. The zero-order valence-electron chi connectivity index (χ0n) is 15.7. The number of rotatable bonds is 7. The molecule has 5 nitrogen and oxygen atoms in total. The summed E-state index contributed by atoms with van der Waals surface area (Å²) < 4.78 is 24.9. The number of hydrogen-bond donors (Lipinski definition) is 2. The summed E-state index contributed by atoms with van der Waals surface area (Å²) in [7, 11) is 3.18. The van der Waals surface area contributed by atoms with E-state index >= 15 is 0 Å². The Balaban J connectivity index is 1.91. The van der Waals surface area contributed by atoms with Gasteiger partial charge in [-0.3, -0.25) is 4.79 Å². The Kier molecular flexibility index (Phi) is 5.64. The van der Waals surface area contributed by atoms with Crippen molar-refractivity contribution in [2.24, 2.45) is 0 Å². The van der Waals surface area contributed by atoms with Crippen LogP contribution < -0.4 is 14.8 Å². The molecule has 0 bridgehead atoms. The fraction of sp³-hybridized carbons (Fsp3) is 0.286. The predicted octanol–water partition coefficient (Wildman–Crippen LogP) is 3.59. The number of halogens is 1. The first-order valence-corrected chi connectivity index (χ1v) is 8.75. The lowest BCUT2D eigenvalue weighted by Gasteiger charge is -2.10. The molecule has 1 heterocycles. The summed E-state index contributed by atoms with van der Waals surface area (Å²) in [6, 6.07) is 8.77. The number of aromatic nitrogens is 1. The van der Waals surface area contributed by atoms with Gasteiger partial charge in [0, 0.05) is 30.6 Å². The van der Waals surface area contributed by atoms with E-state index in [4.69, 9.17) is 9.47 Å². The standard InChI is InChI=1S/C21H23FN2O3/c1-13(25)23-7-6-15-12-24-21-16(10-17(22)11-18(15)21)8-14-4-5-19(26-2)20(9-14)27-3/h4-5,9-12,24H,6-8H2,1-3H3,(H,23,25). The molecule has 142 valence electrons. The van der Waals surface area contributed by atoms with Crippen LogP contribution in [0.5, 0.6) is 11.5 Å². The number of carbonyl (C=O) groups is 1. The molecule has 0 spiro atoms. The lowest BCUT2D eigenvalue weighted by Crippen LogP contribution is -2.22. The summed E-state index contributed by atoms with van der Waals surface area (Å²) in [5.74, 6) is 0.949. The molecular weight excluding hydrogens is 347 g/mol. The second kappa shape index (κ2) is 8.12. The van der Waals surface area contributed by atoms with Gasteiger partial charge in [0.05, 0.1) is 14.2 Å². The van der Waals surface area contributed by atoms with Crippen LogP contribution in [-0.2, 0) is 17.6 Å². The predicted molar refractivity (Wildman–Crippen MR) is 103 cm³/mol. The van der Waals surface area contributed by atoms with Crippen molar-refractivity contribution in [3.63, 3.8) is 0 Å². The first-order valence-electron chi connectivity index (χ1n) is 8.75. The lowest BCUT2D eigenvalue weighted by atomic mass is 10.0. The molecule has 2 N–H and O–H groups in total. The van der Waals surface area contributed by atoms with Gasteiger partial charge < -0.3 is 19.8 Å². The van der Waals surface area contributed by atoms with Crippen LogP contribution in [0, 0.1) is 5.82 Å². The Morgan fingerprint density at radius 2 is 1.89 bits per heavy atom. The third-order valence-electron chi connectivity index (χ3n) is 4.53. The van der Waals surface area contributed by atoms with Crippen LogP contribution in [-0.4, -0.2) is 31.7 Å². The summed E-state index contributed by atoms with van der Waals surface area (Å²) in [5.41, 5.74) is 3.74. The first-order chi connectivity index (χ1) is 13.0. The van der Waals surface area contributed by atoms with Gasteiger partial charge in [0.25, 0.3) is 0 Å². The van der Waals surface area contributed by atoms with Gasteiger partial charge in [-0.1, -0.05) is 6.07 Å². The smallest absolute Gasteiger partial charge is 0.216 e. The quantitative estimate of drug-likeness (QED) is 0.668. The summed E-state index contributed by atoms with van der Waals surface area (Å²) in [5, 5.41) is 3.61. The highest BCUT2D eigenvalue weighted by molar-refractivity contribution is 5.86. The number of aromatic amines is 1. The van der Waals surface area contributed by atoms with Crippen molar-refractivity contribution in [3.05, 3.63) is 59.0 Å². The number of carbonyl (C=O) groups excluding carboxylic acids is 1. The zero-order chi connectivity index (χ0) is 19.4. The maximum atomic E-state index is 14.2. The zero-order valence-corrected chi connectivity index (χ0v) is 15.7. The molecule has 0 fully saturated rings. The average molecular weight is 370 g/mol. The van der Waals surface area contributed by atoms with Crippen molar-refractivity contribution in [2.75, 3.05) is 20.8 Å². The van der Waals surface area contributed by atoms with Gasteiger partial charge in [0.15, 0.2) is 11.5 Å². The molecular formula is C21H23FN2O3. The average Bonchev–Trinajstić information content (AvgIpc) is 3.04. The second-order valence-electron chi connectivity index (χ2n) is 6.40. The Labute approximate surface area is 157 Å². The maximum absolute atomic E-state index is 14.2. The molecule has 3 aromatic rings. The maximum Gasteiger partial charge on any atom is 0.216 e. The summed E-state index contributed by atoms with van der Waals surface area (Å²) in [6.07, 6.45) is 3.07. The number of fused-ring (bicyclic) bond motifs is 1. The van der Waals surface area contributed by atoms with E-state index in [-0.39, 0.29) is 11.7 Å². The summed E-state index contributed by atoms with van der Waals surface area (Å²) >= 11 is 0. The van der Waals surface area contributed by atoms with Gasteiger partial charge in [-0.05, 0) is 53.8 Å². The number of H-pyrrole nitrogens is 1. The van der Waals surface area contributed by atoms with E-state index in [0.717, 1.165) is 27.6 Å². The minimum absolute atomic E-state index is 0.0739. The number of ether oxygens (including phenoxy) is 2. The van der Waals surface area contributed by atoms with Gasteiger partial charge in [-0.25, -0.2) is 4.39 Å². The van der Waals surface area contributed by atoms with Gasteiger partial charge in [0.2, 0.25) is 5.91 Å². The SMILES string of the molecule is COc1ccc(Cc2cc(F)cc3c(CCNC(C)=O)c[nH]c23)cc1OC. The van der Waals surface area contributed by atoms with Crippen molar-refractivity contribution < 1.29 is 18.7 Å². The van der Waals surface area contributed by atoms with E-state index in [1.54, 1.807) is 20.3 Å². The Hall–Kier alpha value is -3.02. The van der Waals surface area contributed by atoms with Crippen LogP contribution in [0.3, 0.4) is 0 Å². The van der Waals surface area contributed by atoms with Crippen molar-refractivity contribution in [2.45, 2.75) is 19.8 Å². The highest BCUT2D eigenvalue weighted by atomic mass is 19.1. The molecule has 0 radical (unpaired) electrons. The molecule has 27 heavy (non-hydrogen) atoms. The molecule has 0 aliphatic rings. The van der Waals surface area contributed by atoms with Crippen LogP contribution >= 0.6 is 0 Å². The lowest BCUT2D eigenvalue weighted by molar-refractivity contribution is -0.118. The van der Waals surface area contributed by atoms with Crippen LogP contribution in [0.15, 0.2) is 36.5 Å². The van der Waals surface area contributed by atoms with E-state index < -0.39 is 0 Å². The van der Waals surface area contributed by atoms with Crippen LogP contribution in [0.2, 0.25) is 0 Å². The van der Waals surface area contributed by atoms with Gasteiger partial charge >= 0.3 is 0 Å². The molecule has 2 aromatic carbocycles. The second-order valence-corrected chi connectivity index (χ2v) is 6.40. The first kappa shape index (κ1) is 18.8. The van der Waals surface area contributed by atoms with Gasteiger partial charge in [-0.15, -0.1) is 0 Å². The van der Waals surface area contributed by atoms with Crippen LogP contribution in [0.1, 0.15) is 23.6 Å². The van der Waals surface area contributed by atoms with E-state index in [9.17, 15) is 9.18 Å². The summed E-state index contributed by atoms with van der Waals surface area (Å²) in [4.78, 5) is 14.3. The minimum Gasteiger partial charge on any atom is -0.493 e. The van der Waals surface area contributed by atoms with E-state index in [1.165, 1.54) is 13.0 Å². The molecule has 3 rings (SSSR count). The number of hydrogen-bond acceptors (Lipinski definition) is 3. The fourth-order valence-electron chi connectivity index (χ4n) is 3.25. The number of methoxy groups -OCH3 is 2. The molecule has 0 aliphatic carbocycles. The van der Waals surface area contributed by atoms with Gasteiger partial charge in [-0.2, -0.15) is 0 Å². The van der Waals surface area contributed by atoms with Crippen molar-refractivity contribution in [3.8, 4) is 11.5 Å². The molecule has 0 atom stereocenters. The van der Waals surface area contributed by atoms with E-state index in [0.29, 0.717) is 30.9 Å². The highest BCUT2D eigenvalue weighted by Crippen LogP contribution is 2.30. The van der Waals surface area contributed by atoms with Gasteiger partial charge in [0.1, 0.15) is 5.82 Å². The Morgan fingerprint density at radius 3 is 2.59 bits per heavy atom. The molecule has 6 heteroatoms. The molecule has 0 aliphatic heterocycles. The van der Waals surface area contributed by atoms with E-state index in [2.05, 4.69) is 10.3 Å². The summed E-state index contributed by atoms with van der Waals surface area (Å²) in [6.45, 7) is 2.00. The largest absolute Gasteiger partial charge is 0.493 e. The van der Waals surface area contributed by atoms with E-state index in [1.807, 2.05) is 24.4 Å². The minimum atomic E-state index is -0.279. The molecule has 1 amide bonds. The fourth-order valence-corrected chi connectivity index (χ4v) is 3.25. The molecule has 0 saturated carbocycles. The number of benzene rings is 2. The third kappa shape index (κ3) is 4.22. The molecule has 0 unspecified atom stereocenters. The van der Waals surface area contributed by atoms with Crippen molar-refractivity contribution >= 4 is 16.8 Å². The normalized spacial score (nSPS) is 10.8. The van der Waals surface area contributed by atoms with Crippen LogP contribution in [0.4, 0.5) is 4.39 Å². The molecule has 0 saturated heterocycles. The van der Waals surface area contributed by atoms with Crippen LogP contribution in [0.25, 0.3) is 10.9 Å². The topological polar surface area (TPSA) is 63.3 Å². The van der Waals surface area contributed by atoms with Crippen molar-refractivity contribution in [1.82, 2.24) is 10.3 Å². The molecule has 1 aromatic heterocycles. The van der Waals surface area contributed by atoms with Crippen molar-refractivity contribution in [1.29, 1.82) is 0 Å². The number of amides is 1. The third-order valence-corrected chi connectivity index (χ3v) is 4.53. The monoisotopic (exact) mass is 370 g/mol. The Bertz CT molecular complexity index is 965. The number of nitrogens with one attached hydrogen (secondary N) is 2.